The molecule has 1 saturated heterocycles. The van der Waals surface area contributed by atoms with Crippen LogP contribution in [0.4, 0.5) is 0 Å². The second-order valence-electron chi connectivity index (χ2n) is 10.00. The molecule has 2 aromatic heterocycles. The number of rotatable bonds is 6. The Labute approximate surface area is 194 Å². The van der Waals surface area contributed by atoms with Crippen LogP contribution < -0.4 is 10.9 Å². The van der Waals surface area contributed by atoms with E-state index in [0.717, 1.165) is 43.6 Å². The Bertz CT molecular complexity index is 1040. The normalized spacial score (nSPS) is 26.5. The number of hydrogen-bond acceptors (Lipinski definition) is 4. The summed E-state index contributed by atoms with van der Waals surface area (Å²) < 4.78 is 7.39. The molecule has 0 radical (unpaired) electrons. The quantitative estimate of drug-likeness (QED) is 0.732. The van der Waals surface area contributed by atoms with Gasteiger partial charge in [0.1, 0.15) is 5.76 Å². The lowest BCUT2D eigenvalue weighted by molar-refractivity contribution is -0.136. The van der Waals surface area contributed by atoms with Gasteiger partial charge in [-0.25, -0.2) is 0 Å². The highest BCUT2D eigenvalue weighted by Gasteiger charge is 2.36. The van der Waals surface area contributed by atoms with E-state index in [4.69, 9.17) is 4.42 Å². The van der Waals surface area contributed by atoms with Crippen LogP contribution in [0.3, 0.4) is 0 Å². The van der Waals surface area contributed by atoms with Gasteiger partial charge in [0.05, 0.1) is 6.26 Å². The van der Waals surface area contributed by atoms with Crippen LogP contribution in [0.1, 0.15) is 62.3 Å². The highest BCUT2D eigenvalue weighted by atomic mass is 16.3. The third-order valence-corrected chi connectivity index (χ3v) is 7.70. The number of hydrogen-bond donors (Lipinski definition) is 1. The molecule has 0 spiro atoms. The predicted molar refractivity (Wildman–Crippen MR) is 124 cm³/mol. The zero-order chi connectivity index (χ0) is 22.8. The van der Waals surface area contributed by atoms with E-state index >= 15 is 0 Å². The molecule has 2 aliphatic heterocycles. The molecule has 4 heterocycles. The molecular weight excluding hydrogens is 418 g/mol. The van der Waals surface area contributed by atoms with Gasteiger partial charge >= 0.3 is 0 Å². The van der Waals surface area contributed by atoms with Crippen molar-refractivity contribution >= 4 is 11.8 Å². The maximum Gasteiger partial charge on any atom is 0.250 e. The van der Waals surface area contributed by atoms with E-state index in [9.17, 15) is 14.4 Å². The van der Waals surface area contributed by atoms with Crippen molar-refractivity contribution in [2.24, 2.45) is 11.8 Å². The number of likely N-dealkylation sites (tertiary alicyclic amines) is 1. The first-order chi connectivity index (χ1) is 16.1. The summed E-state index contributed by atoms with van der Waals surface area (Å²) in [6, 6.07) is 9.47. The molecule has 0 unspecified atom stereocenters. The minimum absolute atomic E-state index is 0.0335. The topological polar surface area (TPSA) is 84.5 Å². The first-order valence-electron chi connectivity index (χ1n) is 12.4. The average molecular weight is 452 g/mol. The number of carbonyl (C=O) groups excluding carboxylic acids is 2. The highest BCUT2D eigenvalue weighted by Crippen LogP contribution is 2.35. The first kappa shape index (κ1) is 22.0. The highest BCUT2D eigenvalue weighted by molar-refractivity contribution is 5.84. The first-order valence-corrected chi connectivity index (χ1v) is 12.4. The van der Waals surface area contributed by atoms with Crippen LogP contribution in [0, 0.1) is 11.8 Å². The van der Waals surface area contributed by atoms with Crippen molar-refractivity contribution in [3.63, 3.8) is 0 Å². The maximum atomic E-state index is 12.9. The van der Waals surface area contributed by atoms with Crippen molar-refractivity contribution in [3.05, 3.63) is 58.4 Å². The van der Waals surface area contributed by atoms with E-state index in [-0.39, 0.29) is 42.2 Å². The second-order valence-corrected chi connectivity index (χ2v) is 10.00. The van der Waals surface area contributed by atoms with Gasteiger partial charge in [-0.05, 0) is 49.3 Å². The number of nitrogens with zero attached hydrogens (tertiary/aromatic N) is 2. The molecule has 2 aromatic rings. The zero-order valence-corrected chi connectivity index (χ0v) is 19.1. The molecule has 2 fully saturated rings. The largest absolute Gasteiger partial charge is 0.469 e. The van der Waals surface area contributed by atoms with E-state index in [2.05, 4.69) is 5.32 Å². The number of pyridine rings is 1. The minimum Gasteiger partial charge on any atom is -0.469 e. The molecule has 7 nitrogen and oxygen atoms in total. The standard InChI is InChI=1S/C26H33N3O4/c30-24(27-22-7-2-1-5-19(22)14-21-6-4-12-33-21)10-11-25(31)28-15-18-13-20(17-28)23-8-3-9-26(32)29(23)16-18/h3-4,6,8-9,12,18-20,22H,1-2,5,7,10-11,13-17H2,(H,27,30)/t18-,19-,20+,22-/m0/s1. The molecule has 0 aromatic carbocycles. The molecule has 4 atom stereocenters. The van der Waals surface area contributed by atoms with Gasteiger partial charge in [-0.2, -0.15) is 0 Å². The summed E-state index contributed by atoms with van der Waals surface area (Å²) in [4.78, 5) is 39.8. The number of carbonyl (C=O) groups is 2. The Morgan fingerprint density at radius 1 is 1.03 bits per heavy atom. The van der Waals surface area contributed by atoms with E-state index in [1.54, 1.807) is 12.3 Å². The van der Waals surface area contributed by atoms with Crippen LogP contribution >= 0.6 is 0 Å². The molecule has 1 N–H and O–H groups in total. The molecule has 2 amide bonds. The van der Waals surface area contributed by atoms with Gasteiger partial charge in [-0.3, -0.25) is 14.4 Å². The second kappa shape index (κ2) is 9.57. The predicted octanol–water partition coefficient (Wildman–Crippen LogP) is 3.08. The van der Waals surface area contributed by atoms with Crippen molar-refractivity contribution in [2.75, 3.05) is 13.1 Å². The van der Waals surface area contributed by atoms with Crippen LogP contribution in [-0.2, 0) is 22.6 Å². The number of nitrogens with one attached hydrogen (secondary N) is 1. The lowest BCUT2D eigenvalue weighted by Gasteiger charge is -2.42. The van der Waals surface area contributed by atoms with E-state index in [1.807, 2.05) is 33.7 Å². The van der Waals surface area contributed by atoms with Crippen molar-refractivity contribution in [1.29, 1.82) is 0 Å². The summed E-state index contributed by atoms with van der Waals surface area (Å²) in [6.45, 7) is 1.98. The molecule has 3 aliphatic rings. The van der Waals surface area contributed by atoms with Crippen LogP contribution in [0.15, 0.2) is 45.8 Å². The summed E-state index contributed by atoms with van der Waals surface area (Å²) in [6.07, 6.45) is 8.41. The summed E-state index contributed by atoms with van der Waals surface area (Å²) in [7, 11) is 0. The van der Waals surface area contributed by atoms with Crippen molar-refractivity contribution in [2.45, 2.75) is 69.9 Å². The van der Waals surface area contributed by atoms with Gasteiger partial charge in [0.2, 0.25) is 11.8 Å². The molecule has 1 saturated carbocycles. The molecule has 33 heavy (non-hydrogen) atoms. The zero-order valence-electron chi connectivity index (χ0n) is 19.1. The third kappa shape index (κ3) is 4.92. The summed E-state index contributed by atoms with van der Waals surface area (Å²) >= 11 is 0. The van der Waals surface area contributed by atoms with Crippen LogP contribution in [0.5, 0.6) is 0 Å². The number of aromatic nitrogens is 1. The third-order valence-electron chi connectivity index (χ3n) is 7.70. The molecular formula is C26H33N3O4. The minimum atomic E-state index is -0.0335. The van der Waals surface area contributed by atoms with Gasteiger partial charge in [-0.15, -0.1) is 0 Å². The van der Waals surface area contributed by atoms with Gasteiger partial charge in [0, 0.05) is 62.6 Å². The Kier molecular flexibility index (Phi) is 6.38. The van der Waals surface area contributed by atoms with E-state index in [1.165, 1.54) is 6.42 Å². The molecule has 5 rings (SSSR count). The van der Waals surface area contributed by atoms with Crippen molar-refractivity contribution in [1.82, 2.24) is 14.8 Å². The Morgan fingerprint density at radius 3 is 2.76 bits per heavy atom. The monoisotopic (exact) mass is 451 g/mol. The summed E-state index contributed by atoms with van der Waals surface area (Å²) in [5.74, 6) is 1.87. The molecule has 2 bridgehead atoms. The Hall–Kier alpha value is -2.83. The van der Waals surface area contributed by atoms with Crippen LogP contribution in [0.25, 0.3) is 0 Å². The van der Waals surface area contributed by atoms with Gasteiger partial charge < -0.3 is 19.2 Å². The molecule has 1 aliphatic carbocycles. The van der Waals surface area contributed by atoms with Crippen LogP contribution in [-0.4, -0.2) is 40.4 Å². The fraction of sp³-hybridized carbons (Fsp3) is 0.577. The van der Waals surface area contributed by atoms with Gasteiger partial charge in [-0.1, -0.05) is 18.9 Å². The fourth-order valence-electron chi connectivity index (χ4n) is 6.09. The van der Waals surface area contributed by atoms with Gasteiger partial charge in [0.15, 0.2) is 0 Å². The summed E-state index contributed by atoms with van der Waals surface area (Å²) in [5, 5.41) is 3.21. The number of fused-ring (bicyclic) bond motifs is 4. The molecule has 7 heteroatoms. The SMILES string of the molecule is O=C(CCC(=O)N1C[C@@H]2C[C@H](C1)c1cccc(=O)n1C2)N[C@H]1CCCC[C@H]1Cc1ccco1. The van der Waals surface area contributed by atoms with Crippen molar-refractivity contribution in [3.8, 4) is 0 Å². The van der Waals surface area contributed by atoms with E-state index < -0.39 is 0 Å². The number of amides is 2. The van der Waals surface area contributed by atoms with E-state index in [0.29, 0.717) is 31.5 Å². The lowest BCUT2D eigenvalue weighted by atomic mass is 9.81. The maximum absolute atomic E-state index is 12.9. The Balaban J connectivity index is 1.13. The fourth-order valence-corrected chi connectivity index (χ4v) is 6.09. The van der Waals surface area contributed by atoms with Gasteiger partial charge in [0.25, 0.3) is 5.56 Å². The average Bonchev–Trinajstić information content (AvgIpc) is 3.32. The van der Waals surface area contributed by atoms with Crippen LogP contribution in [0.2, 0.25) is 0 Å². The molecule has 176 valence electrons. The smallest absolute Gasteiger partial charge is 0.250 e. The van der Waals surface area contributed by atoms with Crippen molar-refractivity contribution < 1.29 is 14.0 Å². The summed E-state index contributed by atoms with van der Waals surface area (Å²) in [5.41, 5.74) is 1.08. The number of furan rings is 1. The Morgan fingerprint density at radius 2 is 1.91 bits per heavy atom. The lowest BCUT2D eigenvalue weighted by Crippen LogP contribution is -2.49. The number of piperidine rings is 1.